The smallest absolute Gasteiger partial charge is 0.416 e. The molecule has 27 heavy (non-hydrogen) atoms. The molecule has 1 amide bonds. The number of nitrogens with zero attached hydrogens (tertiary/aromatic N) is 1. The van der Waals surface area contributed by atoms with Crippen molar-refractivity contribution in [3.8, 4) is 0 Å². The molecule has 8 heteroatoms. The largest absolute Gasteiger partial charge is 0.548 e. The summed E-state index contributed by atoms with van der Waals surface area (Å²) in [6.07, 6.45) is -4.47. The number of carbonyl (C=O) groups is 2. The molecule has 142 valence electrons. The van der Waals surface area contributed by atoms with E-state index in [1.807, 2.05) is 6.92 Å². The maximum Gasteiger partial charge on any atom is 0.416 e. The van der Waals surface area contributed by atoms with E-state index in [9.17, 15) is 27.9 Å². The van der Waals surface area contributed by atoms with Gasteiger partial charge in [-0.3, -0.25) is 4.79 Å². The van der Waals surface area contributed by atoms with E-state index in [1.165, 1.54) is 28.8 Å². The molecule has 0 spiro atoms. The minimum atomic E-state index is -4.47. The van der Waals surface area contributed by atoms with Crippen molar-refractivity contribution < 1.29 is 27.9 Å². The van der Waals surface area contributed by atoms with Gasteiger partial charge in [-0.05, 0) is 36.8 Å². The lowest BCUT2D eigenvalue weighted by molar-refractivity contribution is -0.310. The van der Waals surface area contributed by atoms with Crippen molar-refractivity contribution >= 4 is 23.6 Å². The number of aliphatic carboxylic acids is 1. The number of thioether (sulfide) groups is 1. The monoisotopic (exact) mass is 394 g/mol. The molecule has 2 atom stereocenters. The molecule has 1 heterocycles. The number of carboxylic acid groups (broad SMARTS) is 1. The third kappa shape index (κ3) is 3.95. The first-order valence-corrected chi connectivity index (χ1v) is 9.12. The van der Waals surface area contributed by atoms with Gasteiger partial charge >= 0.3 is 6.18 Å². The van der Waals surface area contributed by atoms with E-state index in [1.54, 1.807) is 24.3 Å². The highest BCUT2D eigenvalue weighted by molar-refractivity contribution is 7.99. The Hall–Kier alpha value is -2.48. The van der Waals surface area contributed by atoms with Crippen molar-refractivity contribution in [3.63, 3.8) is 0 Å². The summed E-state index contributed by atoms with van der Waals surface area (Å²) in [5.41, 5.74) is 0.878. The lowest BCUT2D eigenvalue weighted by atomic mass is 10.1. The van der Waals surface area contributed by atoms with Gasteiger partial charge in [0.1, 0.15) is 5.37 Å². The van der Waals surface area contributed by atoms with Gasteiger partial charge in [0.2, 0.25) is 0 Å². The number of halogens is 3. The summed E-state index contributed by atoms with van der Waals surface area (Å²) in [5, 5.41) is 10.8. The molecule has 0 bridgehead atoms. The van der Waals surface area contributed by atoms with Crippen molar-refractivity contribution in [1.29, 1.82) is 0 Å². The minimum Gasteiger partial charge on any atom is -0.548 e. The molecule has 0 saturated carbocycles. The highest BCUT2D eigenvalue weighted by atomic mass is 32.2. The Morgan fingerprint density at radius 2 is 1.67 bits per heavy atom. The van der Waals surface area contributed by atoms with E-state index in [0.29, 0.717) is 11.1 Å². The van der Waals surface area contributed by atoms with E-state index in [-0.39, 0.29) is 5.75 Å². The van der Waals surface area contributed by atoms with Crippen molar-refractivity contribution in [2.75, 3.05) is 5.75 Å². The van der Waals surface area contributed by atoms with Crippen LogP contribution in [0.15, 0.2) is 48.5 Å². The fraction of sp³-hybridized carbons (Fsp3) is 0.263. The molecule has 0 aromatic heterocycles. The Morgan fingerprint density at radius 1 is 1.07 bits per heavy atom. The van der Waals surface area contributed by atoms with E-state index in [0.717, 1.165) is 17.7 Å². The van der Waals surface area contributed by atoms with Crippen LogP contribution in [0.5, 0.6) is 0 Å². The standard InChI is InChI=1S/C19H16F3NO3S/c1-11-2-4-12(5-3-11)16(24)23-15(18(25)26)10-27-17(23)13-6-8-14(9-7-13)19(20,21)22/h2-9,15,17H,10H2,1H3,(H,25,26)/p-1/t15-,17-/m0/s1. The van der Waals surface area contributed by atoms with Gasteiger partial charge in [0, 0.05) is 11.3 Å². The first-order valence-electron chi connectivity index (χ1n) is 8.07. The summed E-state index contributed by atoms with van der Waals surface area (Å²) >= 11 is 1.18. The summed E-state index contributed by atoms with van der Waals surface area (Å²) in [4.78, 5) is 25.6. The Labute approximate surface area is 158 Å². The van der Waals surface area contributed by atoms with E-state index in [4.69, 9.17) is 0 Å². The van der Waals surface area contributed by atoms with Crippen LogP contribution in [0, 0.1) is 6.92 Å². The van der Waals surface area contributed by atoms with Crippen LogP contribution in [-0.4, -0.2) is 28.6 Å². The zero-order chi connectivity index (χ0) is 19.8. The van der Waals surface area contributed by atoms with Gasteiger partial charge in [-0.25, -0.2) is 0 Å². The fourth-order valence-corrected chi connectivity index (χ4v) is 4.29. The van der Waals surface area contributed by atoms with Gasteiger partial charge in [0.05, 0.1) is 17.6 Å². The fourth-order valence-electron chi connectivity index (χ4n) is 2.87. The molecule has 1 fully saturated rings. The maximum atomic E-state index is 12.9. The molecular weight excluding hydrogens is 379 g/mol. The lowest BCUT2D eigenvalue weighted by Crippen LogP contribution is -2.49. The topological polar surface area (TPSA) is 60.4 Å². The molecular formula is C19H15F3NO3S-. The summed E-state index contributed by atoms with van der Waals surface area (Å²) < 4.78 is 38.3. The first-order chi connectivity index (χ1) is 12.7. The predicted molar refractivity (Wildman–Crippen MR) is 92.8 cm³/mol. The molecule has 2 aromatic carbocycles. The number of alkyl halides is 3. The summed E-state index contributed by atoms with van der Waals surface area (Å²) in [6.45, 7) is 1.86. The Morgan fingerprint density at radius 3 is 2.19 bits per heavy atom. The predicted octanol–water partition coefficient (Wildman–Crippen LogP) is 3.02. The quantitative estimate of drug-likeness (QED) is 0.803. The second-order valence-corrected chi connectivity index (χ2v) is 7.33. The number of aryl methyl sites for hydroxylation is 1. The van der Waals surface area contributed by atoms with Crippen molar-refractivity contribution in [2.24, 2.45) is 0 Å². The molecule has 3 rings (SSSR count). The minimum absolute atomic E-state index is 0.103. The first kappa shape index (κ1) is 19.3. The van der Waals surface area contributed by atoms with Crippen molar-refractivity contribution in [1.82, 2.24) is 4.90 Å². The molecule has 1 aliphatic rings. The van der Waals surface area contributed by atoms with Crippen LogP contribution < -0.4 is 5.11 Å². The van der Waals surface area contributed by atoms with Crippen molar-refractivity contribution in [3.05, 3.63) is 70.8 Å². The van der Waals surface area contributed by atoms with Crippen LogP contribution in [0.1, 0.15) is 32.4 Å². The van der Waals surface area contributed by atoms with E-state index >= 15 is 0 Å². The number of carbonyl (C=O) groups excluding carboxylic acids is 2. The van der Waals surface area contributed by atoms with Gasteiger partial charge in [-0.15, -0.1) is 11.8 Å². The van der Waals surface area contributed by atoms with Gasteiger partial charge < -0.3 is 14.8 Å². The molecule has 4 nitrogen and oxygen atoms in total. The maximum absolute atomic E-state index is 12.9. The Balaban J connectivity index is 1.95. The van der Waals surface area contributed by atoms with Crippen molar-refractivity contribution in [2.45, 2.75) is 24.5 Å². The van der Waals surface area contributed by atoms with Crippen LogP contribution in [0.4, 0.5) is 13.2 Å². The van der Waals surface area contributed by atoms with E-state index < -0.39 is 35.0 Å². The highest BCUT2D eigenvalue weighted by Gasteiger charge is 2.40. The molecule has 0 aliphatic carbocycles. The zero-order valence-corrected chi connectivity index (χ0v) is 15.0. The Kier molecular flexibility index (Phi) is 5.19. The number of hydrogen-bond acceptors (Lipinski definition) is 4. The van der Waals surface area contributed by atoms with Gasteiger partial charge in [0.15, 0.2) is 0 Å². The van der Waals surface area contributed by atoms with Gasteiger partial charge in [-0.1, -0.05) is 29.8 Å². The number of hydrogen-bond donors (Lipinski definition) is 0. The van der Waals surface area contributed by atoms with Crippen LogP contribution in [0.25, 0.3) is 0 Å². The molecule has 0 N–H and O–H groups in total. The third-order valence-corrected chi connectivity index (χ3v) is 5.65. The molecule has 2 aromatic rings. The van der Waals surface area contributed by atoms with Crippen LogP contribution in [0.2, 0.25) is 0 Å². The Bertz CT molecular complexity index is 850. The van der Waals surface area contributed by atoms with Crippen LogP contribution in [-0.2, 0) is 11.0 Å². The zero-order valence-electron chi connectivity index (χ0n) is 14.2. The van der Waals surface area contributed by atoms with Crippen LogP contribution >= 0.6 is 11.8 Å². The SMILES string of the molecule is Cc1ccc(C(=O)N2[C@H](C(=O)[O-])CS[C@H]2c2ccc(C(F)(F)F)cc2)cc1. The van der Waals surface area contributed by atoms with E-state index in [2.05, 4.69) is 0 Å². The lowest BCUT2D eigenvalue weighted by Gasteiger charge is -2.30. The highest BCUT2D eigenvalue weighted by Crippen LogP contribution is 2.42. The molecule has 0 unspecified atom stereocenters. The average Bonchev–Trinajstić information content (AvgIpc) is 3.06. The number of rotatable bonds is 3. The average molecular weight is 394 g/mol. The summed E-state index contributed by atoms with van der Waals surface area (Å²) in [5.74, 6) is -1.79. The number of carboxylic acids is 1. The molecule has 0 radical (unpaired) electrons. The number of benzene rings is 2. The van der Waals surface area contributed by atoms with Gasteiger partial charge in [-0.2, -0.15) is 13.2 Å². The molecule has 1 aliphatic heterocycles. The van der Waals surface area contributed by atoms with Gasteiger partial charge in [0.25, 0.3) is 5.91 Å². The number of amides is 1. The second kappa shape index (κ2) is 7.26. The summed E-state index contributed by atoms with van der Waals surface area (Å²) in [6, 6.07) is 9.90. The molecule has 1 saturated heterocycles. The summed E-state index contributed by atoms with van der Waals surface area (Å²) in [7, 11) is 0. The second-order valence-electron chi connectivity index (χ2n) is 6.22. The van der Waals surface area contributed by atoms with Crippen LogP contribution in [0.3, 0.4) is 0 Å². The third-order valence-electron chi connectivity index (χ3n) is 4.33. The normalized spacial score (nSPS) is 19.9.